The van der Waals surface area contributed by atoms with Crippen LogP contribution in [0.25, 0.3) is 46.4 Å². The van der Waals surface area contributed by atoms with Crippen molar-refractivity contribution in [2.24, 2.45) is 0 Å². The van der Waals surface area contributed by atoms with Crippen LogP contribution in [0.1, 0.15) is 22.8 Å². The Bertz CT molecular complexity index is 1630. The number of thioether (sulfide) groups is 1. The lowest BCUT2D eigenvalue weighted by molar-refractivity contribution is -0.114. The van der Waals surface area contributed by atoms with Gasteiger partial charge in [-0.1, -0.05) is 11.8 Å². The van der Waals surface area contributed by atoms with Crippen LogP contribution in [0.3, 0.4) is 0 Å². The minimum atomic E-state index is -0.201. The summed E-state index contributed by atoms with van der Waals surface area (Å²) in [6, 6.07) is 13.8. The fraction of sp³-hybridized carbons (Fsp3) is 0. The zero-order chi connectivity index (χ0) is 22.4. The number of allylic oxidation sites excluding steroid dienone is 4. The van der Waals surface area contributed by atoms with E-state index in [0.29, 0.717) is 4.91 Å². The molecule has 7 heteroatoms. The standard InChI is InChI=1S/C26H16N4O2S/c31-21-7-10-24(32)25(14-21)33-26-22-8-5-19(29-22)12-17-3-1-15(27-17)11-16-2-4-18(28-16)13-20-6-9-23(26)30-20/h1-14,27,30H. The lowest BCUT2D eigenvalue weighted by Crippen LogP contribution is -2.05. The van der Waals surface area contributed by atoms with E-state index < -0.39 is 0 Å². The molecule has 0 fully saturated rings. The summed E-state index contributed by atoms with van der Waals surface area (Å²) in [5.74, 6) is -0.395. The maximum absolute atomic E-state index is 12.4. The van der Waals surface area contributed by atoms with Gasteiger partial charge in [-0.25, -0.2) is 9.97 Å². The van der Waals surface area contributed by atoms with Crippen LogP contribution in [0.2, 0.25) is 0 Å². The Hall–Kier alpha value is -4.23. The highest BCUT2D eigenvalue weighted by molar-refractivity contribution is 8.04. The largest absolute Gasteiger partial charge is 0.355 e. The summed E-state index contributed by atoms with van der Waals surface area (Å²) < 4.78 is 0. The molecular formula is C26H16N4O2S. The Morgan fingerprint density at radius 2 is 1.30 bits per heavy atom. The van der Waals surface area contributed by atoms with Crippen LogP contribution >= 0.6 is 11.8 Å². The quantitative estimate of drug-likeness (QED) is 0.356. The number of hydrogen-bond donors (Lipinski definition) is 2. The number of nitrogens with zero attached hydrogens (tertiary/aromatic N) is 2. The summed E-state index contributed by atoms with van der Waals surface area (Å²) in [6.07, 6.45) is 11.8. The monoisotopic (exact) mass is 448 g/mol. The molecule has 1 aliphatic carbocycles. The third kappa shape index (κ3) is 3.90. The SMILES string of the molecule is O=C1C=CC(=O)C(Sc2c3nc(cc4ccc(cc5nc(cc6ccc2[nH]6)C=C5)[nH]4)C=C3)=C1. The maximum Gasteiger partial charge on any atom is 0.192 e. The lowest BCUT2D eigenvalue weighted by Gasteiger charge is -2.07. The van der Waals surface area contributed by atoms with E-state index in [2.05, 4.69) is 15.0 Å². The minimum absolute atomic E-state index is 0.195. The van der Waals surface area contributed by atoms with E-state index in [-0.39, 0.29) is 11.6 Å². The van der Waals surface area contributed by atoms with Gasteiger partial charge in [0.05, 0.1) is 38.1 Å². The Morgan fingerprint density at radius 1 is 0.667 bits per heavy atom. The van der Waals surface area contributed by atoms with Gasteiger partial charge in [-0.15, -0.1) is 0 Å². The molecule has 0 amide bonds. The van der Waals surface area contributed by atoms with E-state index in [1.807, 2.05) is 66.8 Å². The van der Waals surface area contributed by atoms with Crippen molar-refractivity contribution in [3.63, 3.8) is 0 Å². The normalized spacial score (nSPS) is 14.7. The topological polar surface area (TPSA) is 91.5 Å². The zero-order valence-corrected chi connectivity index (χ0v) is 18.0. The summed E-state index contributed by atoms with van der Waals surface area (Å²) in [4.78, 5) is 41.6. The molecule has 158 valence electrons. The van der Waals surface area contributed by atoms with Gasteiger partial charge in [-0.05, 0) is 78.9 Å². The van der Waals surface area contributed by atoms with E-state index in [1.165, 1.54) is 30.0 Å². The number of aromatic amines is 2. The van der Waals surface area contributed by atoms with Crippen molar-refractivity contribution in [2.45, 2.75) is 4.90 Å². The molecule has 0 radical (unpaired) electrons. The van der Waals surface area contributed by atoms with Crippen molar-refractivity contribution in [3.8, 4) is 0 Å². The van der Waals surface area contributed by atoms with Crippen molar-refractivity contribution >= 4 is 69.7 Å². The summed E-state index contributed by atoms with van der Waals surface area (Å²) in [6.45, 7) is 0. The molecule has 3 aliphatic rings. The van der Waals surface area contributed by atoms with Crippen LogP contribution in [-0.4, -0.2) is 31.5 Å². The molecule has 0 saturated carbocycles. The van der Waals surface area contributed by atoms with Gasteiger partial charge in [-0.2, -0.15) is 0 Å². The van der Waals surface area contributed by atoms with Gasteiger partial charge in [0.25, 0.3) is 0 Å². The fourth-order valence-electron chi connectivity index (χ4n) is 3.77. The predicted molar refractivity (Wildman–Crippen MR) is 132 cm³/mol. The molecule has 2 N–H and O–H groups in total. The molecule has 3 aromatic heterocycles. The van der Waals surface area contributed by atoms with E-state index in [1.54, 1.807) is 0 Å². The van der Waals surface area contributed by atoms with Crippen molar-refractivity contribution in [1.82, 2.24) is 19.9 Å². The van der Waals surface area contributed by atoms with E-state index in [9.17, 15) is 9.59 Å². The highest BCUT2D eigenvalue weighted by atomic mass is 32.2. The number of nitrogens with one attached hydrogen (secondary N) is 2. The van der Waals surface area contributed by atoms with Crippen LogP contribution in [0, 0.1) is 0 Å². The first kappa shape index (κ1) is 19.5. The summed E-state index contributed by atoms with van der Waals surface area (Å²) >= 11 is 1.24. The van der Waals surface area contributed by atoms with Crippen LogP contribution in [0.15, 0.2) is 70.5 Å². The molecule has 0 unspecified atom stereocenters. The number of ketones is 2. The van der Waals surface area contributed by atoms with Gasteiger partial charge in [0.1, 0.15) is 0 Å². The summed E-state index contributed by atoms with van der Waals surface area (Å²) in [5, 5.41) is 0. The van der Waals surface area contributed by atoms with Gasteiger partial charge in [0.15, 0.2) is 11.6 Å². The molecule has 6 nitrogen and oxygen atoms in total. The van der Waals surface area contributed by atoms with E-state index >= 15 is 0 Å². The van der Waals surface area contributed by atoms with Gasteiger partial charge in [-0.3, -0.25) is 9.59 Å². The molecule has 0 aromatic carbocycles. The van der Waals surface area contributed by atoms with Gasteiger partial charge >= 0.3 is 0 Å². The highest BCUT2D eigenvalue weighted by Crippen LogP contribution is 2.35. The van der Waals surface area contributed by atoms with Crippen LogP contribution in [0.5, 0.6) is 0 Å². The second kappa shape index (κ2) is 7.72. The number of rotatable bonds is 2. The third-order valence-electron chi connectivity index (χ3n) is 5.30. The Kier molecular flexibility index (Phi) is 4.55. The minimum Gasteiger partial charge on any atom is -0.355 e. The molecule has 8 bridgehead atoms. The predicted octanol–water partition coefficient (Wildman–Crippen LogP) is 5.34. The number of carbonyl (C=O) groups is 2. The van der Waals surface area contributed by atoms with Crippen molar-refractivity contribution < 1.29 is 9.59 Å². The number of H-pyrrole nitrogens is 2. The number of carbonyl (C=O) groups excluding carboxylic acids is 2. The fourth-order valence-corrected chi connectivity index (χ4v) is 4.78. The molecule has 2 aliphatic heterocycles. The van der Waals surface area contributed by atoms with Crippen molar-refractivity contribution in [2.75, 3.05) is 0 Å². The van der Waals surface area contributed by atoms with E-state index in [0.717, 1.165) is 49.7 Å². The summed E-state index contributed by atoms with van der Waals surface area (Å²) in [5.41, 5.74) is 6.77. The van der Waals surface area contributed by atoms with Crippen LogP contribution in [0.4, 0.5) is 0 Å². The molecule has 6 rings (SSSR count). The first-order valence-electron chi connectivity index (χ1n) is 10.3. The van der Waals surface area contributed by atoms with E-state index in [4.69, 9.17) is 4.98 Å². The molecule has 5 heterocycles. The van der Waals surface area contributed by atoms with Crippen molar-refractivity contribution in [1.29, 1.82) is 0 Å². The molecule has 3 aromatic rings. The van der Waals surface area contributed by atoms with Crippen molar-refractivity contribution in [3.05, 3.63) is 88.4 Å². The zero-order valence-electron chi connectivity index (χ0n) is 17.2. The second-order valence-electron chi connectivity index (χ2n) is 7.72. The average molecular weight is 449 g/mol. The Balaban J connectivity index is 1.62. The molecule has 0 saturated heterocycles. The lowest BCUT2D eigenvalue weighted by atomic mass is 10.2. The average Bonchev–Trinajstić information content (AvgIpc) is 3.59. The Morgan fingerprint density at radius 3 is 2.06 bits per heavy atom. The molecule has 0 spiro atoms. The van der Waals surface area contributed by atoms with Crippen LogP contribution < -0.4 is 0 Å². The molecule has 0 atom stereocenters. The molecular weight excluding hydrogens is 432 g/mol. The first-order valence-corrected chi connectivity index (χ1v) is 11.1. The third-order valence-corrected chi connectivity index (χ3v) is 6.47. The number of fused-ring (bicyclic) bond motifs is 8. The number of hydrogen-bond acceptors (Lipinski definition) is 5. The summed E-state index contributed by atoms with van der Waals surface area (Å²) in [7, 11) is 0. The smallest absolute Gasteiger partial charge is 0.192 e. The van der Waals surface area contributed by atoms with Gasteiger partial charge < -0.3 is 9.97 Å². The van der Waals surface area contributed by atoms with Gasteiger partial charge in [0.2, 0.25) is 0 Å². The second-order valence-corrected chi connectivity index (χ2v) is 8.77. The van der Waals surface area contributed by atoms with Crippen LogP contribution in [-0.2, 0) is 9.59 Å². The number of aromatic nitrogens is 4. The highest BCUT2D eigenvalue weighted by Gasteiger charge is 2.18. The van der Waals surface area contributed by atoms with Gasteiger partial charge in [0, 0.05) is 22.6 Å². The maximum atomic E-state index is 12.4. The first-order chi connectivity index (χ1) is 16.1. The molecule has 33 heavy (non-hydrogen) atoms. The Labute approximate surface area is 192 Å².